The molecule has 4 N–H and O–H groups in total. The highest BCUT2D eigenvalue weighted by Gasteiger charge is 2.46. The number of hydrogen-bond donors (Lipinski definition) is 3. The summed E-state index contributed by atoms with van der Waals surface area (Å²) < 4.78 is 21.8. The predicted molar refractivity (Wildman–Crippen MR) is 221 cm³/mol. The van der Waals surface area contributed by atoms with Crippen molar-refractivity contribution < 1.29 is 33.1 Å². The largest absolute Gasteiger partial charge is 0.489 e. The number of piperidine rings is 2. The number of fused-ring (bicyclic) bond motifs is 1. The van der Waals surface area contributed by atoms with Crippen molar-refractivity contribution in [2.45, 2.75) is 69.5 Å². The monoisotopic (exact) mass is 859 g/mol. The van der Waals surface area contributed by atoms with Crippen LogP contribution in [-0.4, -0.2) is 110 Å². The molecule has 4 aliphatic heterocycles. The van der Waals surface area contributed by atoms with Gasteiger partial charge in [0.15, 0.2) is 11.6 Å². The molecule has 0 spiro atoms. The van der Waals surface area contributed by atoms with Crippen molar-refractivity contribution in [3.8, 4) is 16.9 Å². The summed E-state index contributed by atoms with van der Waals surface area (Å²) in [5.41, 5.74) is 9.16. The summed E-state index contributed by atoms with van der Waals surface area (Å²) in [6.07, 6.45) is 9.96. The summed E-state index contributed by atoms with van der Waals surface area (Å²) in [6, 6.07) is 8.60. The summed E-state index contributed by atoms with van der Waals surface area (Å²) in [5, 5.41) is 10.5. The van der Waals surface area contributed by atoms with Gasteiger partial charge in [-0.05, 0) is 74.5 Å². The number of nitrogen functional groups attached to an aromatic ring is 1. The highest BCUT2D eigenvalue weighted by Crippen LogP contribution is 2.34. The molecule has 2 aromatic heterocycles. The molecule has 0 unspecified atom stereocenters. The van der Waals surface area contributed by atoms with Gasteiger partial charge in [0.25, 0.3) is 11.8 Å². The highest BCUT2D eigenvalue weighted by molar-refractivity contribution is 6.36. The van der Waals surface area contributed by atoms with Crippen LogP contribution in [0.1, 0.15) is 77.3 Å². The van der Waals surface area contributed by atoms with Gasteiger partial charge in [0.1, 0.15) is 11.9 Å². The summed E-state index contributed by atoms with van der Waals surface area (Å²) in [5.74, 6) is -2.02. The number of unbranched alkanes of at least 4 members (excludes halogenated alkanes) is 1. The summed E-state index contributed by atoms with van der Waals surface area (Å²) >= 11 is 12.3. The van der Waals surface area contributed by atoms with Crippen LogP contribution in [0.25, 0.3) is 11.1 Å². The van der Waals surface area contributed by atoms with Crippen LogP contribution < -0.4 is 21.1 Å². The van der Waals surface area contributed by atoms with E-state index in [9.17, 15) is 28.4 Å². The molecule has 3 fully saturated rings. The first kappa shape index (κ1) is 41.2. The standard InChI is InChI=1S/C42H44Cl2FN9O6/c43-30-7-8-31(45)38(44)28(30)13-17-60-34-18-24(19-47-39(34)46)25-20-48-53(21-25)27-11-15-51(16-12-27)14-2-1-6-36(56)52-22-26(23-52)49-32-5-3-4-29-37(32)42(59)54(41(29)58)33-9-10-35(55)50-40(33)57/h3-5,7-8,18-21,26-27,33,49H,1-2,6,9-17,22-23H2,(H2,46,47)(H,50,55,57)/t33-/m1/s1. The smallest absolute Gasteiger partial charge is 0.264 e. The maximum atomic E-state index is 13.9. The molecule has 6 heterocycles. The van der Waals surface area contributed by atoms with Crippen molar-refractivity contribution in [2.24, 2.45) is 0 Å². The van der Waals surface area contributed by atoms with Gasteiger partial charge >= 0.3 is 0 Å². The van der Waals surface area contributed by atoms with E-state index in [2.05, 4.69) is 25.6 Å². The Balaban J connectivity index is 0.742. The Kier molecular flexibility index (Phi) is 12.1. The number of rotatable bonds is 14. The Morgan fingerprint density at radius 3 is 2.58 bits per heavy atom. The number of carbonyl (C=O) groups excluding carboxylic acids is 5. The number of hydrogen-bond acceptors (Lipinski definition) is 11. The van der Waals surface area contributed by atoms with Crippen molar-refractivity contribution in [3.63, 3.8) is 0 Å². The molecule has 0 bridgehead atoms. The number of aromatic nitrogens is 3. The number of likely N-dealkylation sites (tertiary alicyclic amines) is 2. The molecule has 0 saturated carbocycles. The van der Waals surface area contributed by atoms with Crippen LogP contribution in [-0.2, 0) is 20.8 Å². The second-order valence-corrected chi connectivity index (χ2v) is 16.4. The van der Waals surface area contributed by atoms with Gasteiger partial charge in [-0.15, -0.1) is 0 Å². The fourth-order valence-corrected chi connectivity index (χ4v) is 8.84. The number of carbonyl (C=O) groups is 5. The van der Waals surface area contributed by atoms with Crippen LogP contribution in [0.4, 0.5) is 15.9 Å². The Morgan fingerprint density at radius 2 is 1.80 bits per heavy atom. The first-order valence-corrected chi connectivity index (χ1v) is 20.9. The van der Waals surface area contributed by atoms with E-state index in [0.717, 1.165) is 61.3 Å². The number of amides is 5. The summed E-state index contributed by atoms with van der Waals surface area (Å²) in [4.78, 5) is 73.1. The third kappa shape index (κ3) is 8.54. The Hall–Kier alpha value is -5.58. The minimum Gasteiger partial charge on any atom is -0.489 e. The van der Waals surface area contributed by atoms with E-state index in [1.165, 1.54) is 12.1 Å². The average Bonchev–Trinajstić information content (AvgIpc) is 3.81. The number of nitrogens with one attached hydrogen (secondary N) is 2. The molecule has 5 amide bonds. The fourth-order valence-electron chi connectivity index (χ4n) is 8.28. The minimum atomic E-state index is -1.03. The van der Waals surface area contributed by atoms with Gasteiger partial charge in [-0.3, -0.25) is 38.9 Å². The maximum absolute atomic E-state index is 13.9. The van der Waals surface area contributed by atoms with Gasteiger partial charge in [-0.1, -0.05) is 29.3 Å². The zero-order valence-corrected chi connectivity index (χ0v) is 34.2. The number of nitrogens with two attached hydrogens (primary N) is 1. The normalized spacial score (nSPS) is 18.8. The topological polar surface area (TPSA) is 185 Å². The van der Waals surface area contributed by atoms with Crippen LogP contribution in [0.2, 0.25) is 10.0 Å². The van der Waals surface area contributed by atoms with Crippen LogP contribution in [0.3, 0.4) is 0 Å². The number of benzene rings is 2. The molecule has 60 heavy (non-hydrogen) atoms. The van der Waals surface area contributed by atoms with Crippen molar-refractivity contribution in [1.29, 1.82) is 0 Å². The number of anilines is 2. The third-order valence-corrected chi connectivity index (χ3v) is 12.4. The lowest BCUT2D eigenvalue weighted by atomic mass is 10.0. The molecule has 8 rings (SSSR count). The zero-order chi connectivity index (χ0) is 42.1. The lowest BCUT2D eigenvalue weighted by molar-refractivity contribution is -0.136. The molecule has 18 heteroatoms. The summed E-state index contributed by atoms with van der Waals surface area (Å²) in [7, 11) is 0. The highest BCUT2D eigenvalue weighted by atomic mass is 35.5. The number of pyridine rings is 1. The lowest BCUT2D eigenvalue weighted by Crippen LogP contribution is -2.57. The number of halogens is 3. The van der Waals surface area contributed by atoms with Gasteiger partial charge in [0, 0.05) is 79.7 Å². The zero-order valence-electron chi connectivity index (χ0n) is 32.7. The molecule has 314 valence electrons. The molecule has 0 radical (unpaired) electrons. The molecule has 1 atom stereocenters. The molecule has 15 nitrogen and oxygen atoms in total. The Morgan fingerprint density at radius 1 is 1.00 bits per heavy atom. The lowest BCUT2D eigenvalue weighted by Gasteiger charge is -2.40. The number of ether oxygens (including phenoxy) is 1. The van der Waals surface area contributed by atoms with Gasteiger partial charge in [-0.2, -0.15) is 5.10 Å². The van der Waals surface area contributed by atoms with Crippen molar-refractivity contribution in [1.82, 2.24) is 34.8 Å². The molecule has 4 aromatic rings. The van der Waals surface area contributed by atoms with E-state index in [4.69, 9.17) is 33.7 Å². The molecule has 3 saturated heterocycles. The van der Waals surface area contributed by atoms with E-state index < -0.39 is 35.5 Å². The van der Waals surface area contributed by atoms with Crippen LogP contribution >= 0.6 is 23.2 Å². The molecule has 0 aliphatic carbocycles. The SMILES string of the molecule is Nc1ncc(-c2cnn(C3CCN(CCCCC(=O)N4CC(Nc5cccc6c5C(=O)N([C@@H]5CCC(=O)NC5=O)C6=O)C4)CC3)c2)cc1OCCc1c(Cl)ccc(F)c1Cl. The first-order valence-electron chi connectivity index (χ1n) is 20.1. The van der Waals surface area contributed by atoms with Crippen LogP contribution in [0.15, 0.2) is 55.0 Å². The fraction of sp³-hybridized carbons (Fsp3) is 0.405. The maximum Gasteiger partial charge on any atom is 0.264 e. The molecule has 4 aliphatic rings. The molecule has 2 aromatic carbocycles. The van der Waals surface area contributed by atoms with E-state index in [1.54, 1.807) is 35.5 Å². The average molecular weight is 861 g/mol. The minimum absolute atomic E-state index is 0.0236. The van der Waals surface area contributed by atoms with Crippen LogP contribution in [0, 0.1) is 5.82 Å². The number of nitrogens with zero attached hydrogens (tertiary/aromatic N) is 6. The summed E-state index contributed by atoms with van der Waals surface area (Å²) in [6.45, 7) is 3.91. The molecular formula is C42H44Cl2FN9O6. The third-order valence-electron chi connectivity index (χ3n) is 11.7. The Bertz CT molecular complexity index is 2350. The van der Waals surface area contributed by atoms with Crippen molar-refractivity contribution >= 4 is 64.2 Å². The van der Waals surface area contributed by atoms with E-state index in [-0.39, 0.29) is 59.4 Å². The van der Waals surface area contributed by atoms with Gasteiger partial charge < -0.3 is 25.6 Å². The predicted octanol–water partition coefficient (Wildman–Crippen LogP) is 5.13. The van der Waals surface area contributed by atoms with Gasteiger partial charge in [0.05, 0.1) is 41.0 Å². The van der Waals surface area contributed by atoms with E-state index in [0.29, 0.717) is 48.0 Å². The number of imide groups is 2. The van der Waals surface area contributed by atoms with Crippen molar-refractivity contribution in [3.05, 3.63) is 87.5 Å². The molecular weight excluding hydrogens is 816 g/mol. The second-order valence-electron chi connectivity index (χ2n) is 15.6. The first-order chi connectivity index (χ1) is 28.9. The van der Waals surface area contributed by atoms with Crippen molar-refractivity contribution in [2.75, 3.05) is 50.4 Å². The van der Waals surface area contributed by atoms with E-state index >= 15 is 0 Å². The second kappa shape index (κ2) is 17.6. The van der Waals surface area contributed by atoms with Gasteiger partial charge in [0.2, 0.25) is 17.7 Å². The Labute approximate surface area is 355 Å². The quantitative estimate of drug-likeness (QED) is 0.0869. The van der Waals surface area contributed by atoms with E-state index in [1.807, 2.05) is 16.9 Å². The van der Waals surface area contributed by atoms with Crippen LogP contribution in [0.5, 0.6) is 5.75 Å². The van der Waals surface area contributed by atoms with Gasteiger partial charge in [-0.25, -0.2) is 9.37 Å².